The number of alkyl halides is 2. The number of esters is 1. The summed E-state index contributed by atoms with van der Waals surface area (Å²) in [6, 6.07) is 5.20. The number of para-hydroxylation sites is 1. The van der Waals surface area contributed by atoms with Gasteiger partial charge < -0.3 is 14.6 Å². The maximum Gasteiger partial charge on any atom is 0.501 e. The molecule has 0 radical (unpaired) electrons. The van der Waals surface area contributed by atoms with Crippen LogP contribution in [0.15, 0.2) is 24.3 Å². The van der Waals surface area contributed by atoms with Crippen LogP contribution in [0, 0.1) is 0 Å². The lowest BCUT2D eigenvalue weighted by Gasteiger charge is -2.22. The van der Waals surface area contributed by atoms with Gasteiger partial charge in [-0.15, -0.1) is 0 Å². The third-order valence-corrected chi connectivity index (χ3v) is 3.42. The zero-order chi connectivity index (χ0) is 16.2. The topological polar surface area (TPSA) is 72.8 Å². The van der Waals surface area contributed by atoms with E-state index in [4.69, 9.17) is 9.84 Å². The number of hydrogen-bond donors (Lipinski definition) is 1. The van der Waals surface area contributed by atoms with Crippen molar-refractivity contribution < 1.29 is 33.0 Å². The summed E-state index contributed by atoms with van der Waals surface area (Å²) >= 11 is 0. The normalized spacial score (nSPS) is 16.1. The first-order valence-electron chi connectivity index (χ1n) is 7.00. The van der Waals surface area contributed by atoms with E-state index in [1.807, 2.05) is 0 Å². The molecule has 0 amide bonds. The number of benzene rings is 1. The van der Waals surface area contributed by atoms with Crippen molar-refractivity contribution in [3.63, 3.8) is 0 Å². The highest BCUT2D eigenvalue weighted by Crippen LogP contribution is 2.28. The third-order valence-electron chi connectivity index (χ3n) is 3.42. The number of rotatable bonds is 5. The molecule has 0 atom stereocenters. The predicted molar refractivity (Wildman–Crippen MR) is 71.9 cm³/mol. The molecule has 1 fully saturated rings. The predicted octanol–water partition coefficient (Wildman–Crippen LogP) is 3.23. The van der Waals surface area contributed by atoms with Gasteiger partial charge in [0.05, 0.1) is 0 Å². The minimum Gasteiger partial charge on any atom is -0.474 e. The summed E-state index contributed by atoms with van der Waals surface area (Å²) in [5, 5.41) is 8.40. The van der Waals surface area contributed by atoms with Gasteiger partial charge in [-0.25, -0.2) is 9.59 Å². The van der Waals surface area contributed by atoms with Gasteiger partial charge >= 0.3 is 18.0 Å². The lowest BCUT2D eigenvalue weighted by Crippen LogP contribution is -2.35. The second kappa shape index (κ2) is 6.72. The van der Waals surface area contributed by atoms with Crippen LogP contribution in [0.3, 0.4) is 0 Å². The van der Waals surface area contributed by atoms with Crippen molar-refractivity contribution in [3.8, 4) is 5.75 Å². The first-order chi connectivity index (χ1) is 10.4. The van der Waals surface area contributed by atoms with Crippen LogP contribution >= 0.6 is 0 Å². The van der Waals surface area contributed by atoms with Gasteiger partial charge in [-0.3, -0.25) is 0 Å². The molecule has 1 aromatic carbocycles. The molecule has 120 valence electrons. The number of ether oxygens (including phenoxy) is 2. The Kier molecular flexibility index (Phi) is 4.95. The molecular weight excluding hydrogens is 298 g/mol. The summed E-state index contributed by atoms with van der Waals surface area (Å²) in [6.45, 7) is 0. The molecule has 1 aromatic rings. The Labute approximate surface area is 125 Å². The van der Waals surface area contributed by atoms with Gasteiger partial charge in [-0.1, -0.05) is 18.6 Å². The summed E-state index contributed by atoms with van der Waals surface area (Å²) in [5.74, 6) is -3.73. The summed E-state index contributed by atoms with van der Waals surface area (Å²) in [5.41, 5.74) is -0.214. The number of carbonyl (C=O) groups excluding carboxylic acids is 1. The molecule has 1 N–H and O–H groups in total. The summed E-state index contributed by atoms with van der Waals surface area (Å²) in [7, 11) is 0. The fraction of sp³-hybridized carbons (Fsp3) is 0.467. The van der Waals surface area contributed by atoms with Crippen molar-refractivity contribution >= 4 is 11.9 Å². The van der Waals surface area contributed by atoms with E-state index in [1.165, 1.54) is 18.2 Å². The number of carboxylic acids is 1. The molecule has 1 aliphatic carbocycles. The van der Waals surface area contributed by atoms with Crippen molar-refractivity contribution in [1.29, 1.82) is 0 Å². The van der Waals surface area contributed by atoms with E-state index in [0.29, 0.717) is 0 Å². The lowest BCUT2D eigenvalue weighted by molar-refractivity contribution is -0.211. The minimum atomic E-state index is -4.42. The van der Waals surface area contributed by atoms with E-state index in [9.17, 15) is 18.4 Å². The highest BCUT2D eigenvalue weighted by Gasteiger charge is 2.43. The Bertz CT molecular complexity index is 553. The molecule has 0 saturated heterocycles. The van der Waals surface area contributed by atoms with Gasteiger partial charge in [0.15, 0.2) is 0 Å². The molecule has 22 heavy (non-hydrogen) atoms. The van der Waals surface area contributed by atoms with Crippen molar-refractivity contribution in [2.24, 2.45) is 0 Å². The van der Waals surface area contributed by atoms with Crippen molar-refractivity contribution in [2.75, 3.05) is 0 Å². The molecule has 0 spiro atoms. The molecule has 2 rings (SSSR count). The van der Waals surface area contributed by atoms with Gasteiger partial charge in [0, 0.05) is 0 Å². The van der Waals surface area contributed by atoms with Crippen LogP contribution in [0.4, 0.5) is 8.78 Å². The van der Waals surface area contributed by atoms with E-state index in [1.54, 1.807) is 0 Å². The average molecular weight is 314 g/mol. The highest BCUT2D eigenvalue weighted by molar-refractivity contribution is 5.92. The molecule has 0 unspecified atom stereocenters. The Hall–Kier alpha value is -2.18. The molecule has 0 heterocycles. The molecule has 1 saturated carbocycles. The molecule has 7 heteroatoms. The van der Waals surface area contributed by atoms with E-state index in [-0.39, 0.29) is 11.7 Å². The van der Waals surface area contributed by atoms with Crippen molar-refractivity contribution in [1.82, 2.24) is 0 Å². The van der Waals surface area contributed by atoms with Crippen molar-refractivity contribution in [3.05, 3.63) is 29.8 Å². The second-order valence-corrected chi connectivity index (χ2v) is 5.09. The number of carbonyl (C=O) groups is 2. The fourth-order valence-corrected chi connectivity index (χ4v) is 2.30. The number of halogens is 2. The summed E-state index contributed by atoms with van der Waals surface area (Å²) in [6.07, 6.45) is -0.199. The Morgan fingerprint density at radius 1 is 1.14 bits per heavy atom. The zero-order valence-corrected chi connectivity index (χ0v) is 11.8. The smallest absolute Gasteiger partial charge is 0.474 e. The Balaban J connectivity index is 2.13. The number of aliphatic carboxylic acids is 1. The molecular formula is C15H16F2O5. The van der Waals surface area contributed by atoms with Crippen LogP contribution in [0.1, 0.15) is 42.5 Å². The monoisotopic (exact) mass is 314 g/mol. The molecule has 0 aromatic heterocycles. The van der Waals surface area contributed by atoms with Crippen LogP contribution in [0.2, 0.25) is 0 Å². The molecule has 0 bridgehead atoms. The van der Waals surface area contributed by atoms with Gasteiger partial charge in [0.2, 0.25) is 0 Å². The summed E-state index contributed by atoms with van der Waals surface area (Å²) < 4.78 is 35.8. The number of carboxylic acid groups (broad SMARTS) is 1. The fourth-order valence-electron chi connectivity index (χ4n) is 2.30. The maximum absolute atomic E-state index is 13.2. The van der Waals surface area contributed by atoms with Gasteiger partial charge in [0.1, 0.15) is 17.4 Å². The van der Waals surface area contributed by atoms with E-state index < -0.39 is 23.8 Å². The lowest BCUT2D eigenvalue weighted by atomic mass is 9.98. The third kappa shape index (κ3) is 3.93. The molecule has 1 aliphatic rings. The minimum absolute atomic E-state index is 0.214. The van der Waals surface area contributed by atoms with Gasteiger partial charge in [0.25, 0.3) is 0 Å². The average Bonchev–Trinajstić information content (AvgIpc) is 2.48. The van der Waals surface area contributed by atoms with Crippen LogP contribution in [0.25, 0.3) is 0 Å². The maximum atomic E-state index is 13.2. The Morgan fingerprint density at radius 3 is 2.41 bits per heavy atom. The summed E-state index contributed by atoms with van der Waals surface area (Å²) in [4.78, 5) is 22.5. The van der Waals surface area contributed by atoms with Crippen LogP contribution < -0.4 is 4.74 Å². The van der Waals surface area contributed by atoms with E-state index in [2.05, 4.69) is 4.74 Å². The number of hydrogen-bond acceptors (Lipinski definition) is 4. The first kappa shape index (κ1) is 16.2. The van der Waals surface area contributed by atoms with E-state index in [0.717, 1.165) is 38.2 Å². The molecule has 0 aliphatic heterocycles. The Morgan fingerprint density at radius 2 is 1.77 bits per heavy atom. The first-order valence-corrected chi connectivity index (χ1v) is 7.00. The van der Waals surface area contributed by atoms with Gasteiger partial charge in [-0.05, 0) is 37.8 Å². The van der Waals surface area contributed by atoms with E-state index >= 15 is 0 Å². The SMILES string of the molecule is O=C(OC1CCCCC1)c1ccccc1OC(F)(F)C(=O)O. The second-order valence-electron chi connectivity index (χ2n) is 5.09. The van der Waals surface area contributed by atoms with Crippen LogP contribution in [-0.4, -0.2) is 29.3 Å². The van der Waals surface area contributed by atoms with Crippen molar-refractivity contribution in [2.45, 2.75) is 44.3 Å². The van der Waals surface area contributed by atoms with Gasteiger partial charge in [-0.2, -0.15) is 8.78 Å². The zero-order valence-electron chi connectivity index (χ0n) is 11.8. The standard InChI is InChI=1S/C15H16F2O5/c16-15(17,14(19)20)22-12-9-5-4-8-11(12)13(18)21-10-6-2-1-3-7-10/h4-5,8-10H,1-3,6-7H2,(H,19,20). The van der Waals surface area contributed by atoms with Crippen LogP contribution in [-0.2, 0) is 9.53 Å². The molecule has 5 nitrogen and oxygen atoms in total. The quantitative estimate of drug-likeness (QED) is 0.845. The largest absolute Gasteiger partial charge is 0.501 e. The van der Waals surface area contributed by atoms with Crippen LogP contribution in [0.5, 0.6) is 5.75 Å². The highest BCUT2D eigenvalue weighted by atomic mass is 19.3.